The fourth-order valence-corrected chi connectivity index (χ4v) is 4.23. The van der Waals surface area contributed by atoms with Crippen LogP contribution in [0.25, 0.3) is 0 Å². The zero-order valence-corrected chi connectivity index (χ0v) is 17.4. The van der Waals surface area contributed by atoms with Gasteiger partial charge in [-0.15, -0.1) is 11.3 Å². The van der Waals surface area contributed by atoms with E-state index in [4.69, 9.17) is 4.74 Å². The van der Waals surface area contributed by atoms with Crippen molar-refractivity contribution in [3.8, 4) is 0 Å². The third-order valence-electron chi connectivity index (χ3n) is 3.73. The molecule has 1 aromatic heterocycles. The second-order valence-electron chi connectivity index (χ2n) is 6.05. The number of amides is 1. The fraction of sp³-hybridized carbons (Fsp3) is 0.105. The molecular formula is C19H13F2N3O5S2. The highest BCUT2D eigenvalue weighted by atomic mass is 32.2. The molecule has 0 saturated heterocycles. The van der Waals surface area contributed by atoms with Crippen molar-refractivity contribution >= 4 is 46.3 Å². The van der Waals surface area contributed by atoms with E-state index in [1.807, 2.05) is 5.38 Å². The van der Waals surface area contributed by atoms with Crippen molar-refractivity contribution in [3.63, 3.8) is 0 Å². The number of nitro groups is 1. The molecule has 3 aromatic rings. The maximum absolute atomic E-state index is 13.2. The van der Waals surface area contributed by atoms with Crippen LogP contribution in [0.4, 0.5) is 20.2 Å². The monoisotopic (exact) mass is 465 g/mol. The Bertz CT molecular complexity index is 1170. The summed E-state index contributed by atoms with van der Waals surface area (Å²) in [6, 6.07) is 6.46. The largest absolute Gasteiger partial charge is 0.452 e. The van der Waals surface area contributed by atoms with Crippen LogP contribution < -0.4 is 5.32 Å². The molecule has 1 heterocycles. The SMILES string of the molecule is Cc1csc(Sc2ccc([N+](=O)[O-])cc2C(=O)OCC(=O)Nc2ccc(F)c(F)c2)n1. The van der Waals surface area contributed by atoms with Crippen molar-refractivity contribution in [2.75, 3.05) is 11.9 Å². The summed E-state index contributed by atoms with van der Waals surface area (Å²) in [6.45, 7) is 1.07. The summed E-state index contributed by atoms with van der Waals surface area (Å²) in [7, 11) is 0. The first-order valence-corrected chi connectivity index (χ1v) is 10.2. The summed E-state index contributed by atoms with van der Waals surface area (Å²) in [5.41, 5.74) is 0.337. The van der Waals surface area contributed by atoms with Gasteiger partial charge in [0, 0.05) is 39.9 Å². The highest BCUT2D eigenvalue weighted by molar-refractivity contribution is 8.01. The van der Waals surface area contributed by atoms with Crippen molar-refractivity contribution in [2.24, 2.45) is 0 Å². The lowest BCUT2D eigenvalue weighted by Crippen LogP contribution is -2.21. The number of aryl methyl sites for hydroxylation is 1. The van der Waals surface area contributed by atoms with Crippen LogP contribution in [0.1, 0.15) is 16.1 Å². The van der Waals surface area contributed by atoms with E-state index in [-0.39, 0.29) is 16.9 Å². The first kappa shape index (κ1) is 22.3. The van der Waals surface area contributed by atoms with E-state index in [1.54, 1.807) is 6.92 Å². The summed E-state index contributed by atoms with van der Waals surface area (Å²) in [4.78, 5) is 39.6. The number of nitrogens with zero attached hydrogens (tertiary/aromatic N) is 2. The van der Waals surface area contributed by atoms with E-state index < -0.39 is 35.0 Å². The number of non-ortho nitro benzene ring substituents is 1. The molecule has 2 aromatic carbocycles. The van der Waals surface area contributed by atoms with E-state index in [9.17, 15) is 28.5 Å². The molecule has 0 aliphatic carbocycles. The van der Waals surface area contributed by atoms with Gasteiger partial charge in [0.25, 0.3) is 11.6 Å². The molecule has 31 heavy (non-hydrogen) atoms. The molecule has 1 N–H and O–H groups in total. The van der Waals surface area contributed by atoms with Crippen LogP contribution in [0.5, 0.6) is 0 Å². The van der Waals surface area contributed by atoms with Gasteiger partial charge in [-0.2, -0.15) is 0 Å². The smallest absolute Gasteiger partial charge is 0.340 e. The van der Waals surface area contributed by atoms with Gasteiger partial charge in [0.15, 0.2) is 22.6 Å². The van der Waals surface area contributed by atoms with E-state index >= 15 is 0 Å². The second-order valence-corrected chi connectivity index (χ2v) is 8.19. The van der Waals surface area contributed by atoms with Gasteiger partial charge in [0.05, 0.1) is 10.5 Å². The molecule has 0 atom stereocenters. The summed E-state index contributed by atoms with van der Waals surface area (Å²) >= 11 is 2.47. The van der Waals surface area contributed by atoms with Crippen LogP contribution in [0.15, 0.2) is 51.0 Å². The van der Waals surface area contributed by atoms with Crippen molar-refractivity contribution < 1.29 is 28.0 Å². The number of thiazole rings is 1. The molecule has 3 rings (SSSR count). The van der Waals surface area contributed by atoms with Crippen LogP contribution in [0.2, 0.25) is 0 Å². The second kappa shape index (κ2) is 9.62. The normalized spacial score (nSPS) is 10.5. The molecule has 0 saturated carbocycles. The third-order valence-corrected chi connectivity index (χ3v) is 5.86. The van der Waals surface area contributed by atoms with Crippen LogP contribution in [-0.2, 0) is 9.53 Å². The molecule has 1 amide bonds. The number of aromatic nitrogens is 1. The lowest BCUT2D eigenvalue weighted by Gasteiger charge is -2.09. The maximum Gasteiger partial charge on any atom is 0.340 e. The van der Waals surface area contributed by atoms with Gasteiger partial charge in [-0.3, -0.25) is 14.9 Å². The summed E-state index contributed by atoms with van der Waals surface area (Å²) in [5, 5.41) is 15.2. The third kappa shape index (κ3) is 5.83. The first-order chi connectivity index (χ1) is 14.7. The van der Waals surface area contributed by atoms with E-state index in [0.29, 0.717) is 9.24 Å². The standard InChI is InChI=1S/C19H13F2N3O5S2/c1-10-9-30-19(22-10)31-16-5-3-12(24(27)28)7-13(16)18(26)29-8-17(25)23-11-2-4-14(20)15(21)6-11/h2-7,9H,8H2,1H3,(H,23,25). The van der Waals surface area contributed by atoms with Crippen molar-refractivity contribution in [3.05, 3.63) is 74.8 Å². The fourth-order valence-electron chi connectivity index (χ4n) is 2.33. The molecule has 160 valence electrons. The number of nitro benzene ring substituents is 1. The van der Waals surface area contributed by atoms with Crippen molar-refractivity contribution in [2.45, 2.75) is 16.2 Å². The van der Waals surface area contributed by atoms with Crippen LogP contribution in [0, 0.1) is 28.7 Å². The molecular weight excluding hydrogens is 452 g/mol. The Morgan fingerprint density at radius 1 is 1.23 bits per heavy atom. The van der Waals surface area contributed by atoms with Gasteiger partial charge >= 0.3 is 5.97 Å². The number of nitrogens with one attached hydrogen (secondary N) is 1. The van der Waals surface area contributed by atoms with Gasteiger partial charge in [-0.1, -0.05) is 11.8 Å². The number of carbonyl (C=O) groups is 2. The van der Waals surface area contributed by atoms with Gasteiger partial charge in [0.2, 0.25) is 0 Å². The lowest BCUT2D eigenvalue weighted by molar-refractivity contribution is -0.384. The molecule has 0 unspecified atom stereocenters. The van der Waals surface area contributed by atoms with E-state index in [0.717, 1.165) is 41.7 Å². The lowest BCUT2D eigenvalue weighted by atomic mass is 10.2. The molecule has 8 nitrogen and oxygen atoms in total. The van der Waals surface area contributed by atoms with E-state index in [2.05, 4.69) is 10.3 Å². The molecule has 12 heteroatoms. The number of esters is 1. The zero-order valence-electron chi connectivity index (χ0n) is 15.8. The number of rotatable bonds is 7. The van der Waals surface area contributed by atoms with Gasteiger partial charge in [-0.25, -0.2) is 18.6 Å². The van der Waals surface area contributed by atoms with E-state index in [1.165, 1.54) is 23.5 Å². The Morgan fingerprint density at radius 2 is 2.00 bits per heavy atom. The highest BCUT2D eigenvalue weighted by Crippen LogP contribution is 2.34. The predicted octanol–water partition coefficient (Wildman–Crippen LogP) is 4.58. The average Bonchev–Trinajstić information content (AvgIpc) is 3.13. The molecule has 0 spiro atoms. The topological polar surface area (TPSA) is 111 Å². The Kier molecular flexibility index (Phi) is 6.92. The molecule has 0 aliphatic rings. The molecule has 0 radical (unpaired) electrons. The highest BCUT2D eigenvalue weighted by Gasteiger charge is 2.20. The number of halogens is 2. The predicted molar refractivity (Wildman–Crippen MR) is 109 cm³/mol. The maximum atomic E-state index is 13.2. The minimum atomic E-state index is -1.15. The van der Waals surface area contributed by atoms with Crippen LogP contribution in [0.3, 0.4) is 0 Å². The number of carbonyl (C=O) groups excluding carboxylic acids is 2. The summed E-state index contributed by atoms with van der Waals surface area (Å²) < 4.78 is 31.8. The van der Waals surface area contributed by atoms with Gasteiger partial charge in [0.1, 0.15) is 0 Å². The summed E-state index contributed by atoms with van der Waals surface area (Å²) in [6.07, 6.45) is 0. The average molecular weight is 465 g/mol. The first-order valence-electron chi connectivity index (χ1n) is 8.53. The minimum absolute atomic E-state index is 0.0225. The molecule has 0 bridgehead atoms. The Hall–Kier alpha value is -3.38. The number of anilines is 1. The number of hydrogen-bond donors (Lipinski definition) is 1. The number of benzene rings is 2. The molecule has 0 aliphatic heterocycles. The van der Waals surface area contributed by atoms with Crippen molar-refractivity contribution in [1.29, 1.82) is 0 Å². The number of ether oxygens (including phenoxy) is 1. The van der Waals surface area contributed by atoms with Gasteiger partial charge in [-0.05, 0) is 25.1 Å². The number of hydrogen-bond acceptors (Lipinski definition) is 8. The minimum Gasteiger partial charge on any atom is -0.452 e. The summed E-state index contributed by atoms with van der Waals surface area (Å²) in [5.74, 6) is -3.98. The van der Waals surface area contributed by atoms with Crippen LogP contribution >= 0.6 is 23.1 Å². The Morgan fingerprint density at radius 3 is 2.65 bits per heavy atom. The van der Waals surface area contributed by atoms with Crippen LogP contribution in [-0.4, -0.2) is 28.4 Å². The quantitative estimate of drug-likeness (QED) is 0.309. The van der Waals surface area contributed by atoms with Gasteiger partial charge < -0.3 is 10.1 Å². The molecule has 0 fully saturated rings. The Labute approximate surface area is 182 Å². The zero-order chi connectivity index (χ0) is 22.5. The Balaban J connectivity index is 1.72. The van der Waals surface area contributed by atoms with Crippen molar-refractivity contribution in [1.82, 2.24) is 4.98 Å².